The van der Waals surface area contributed by atoms with Crippen LogP contribution in [-0.2, 0) is 20.9 Å². The smallest absolute Gasteiger partial charge is 0.244 e. The second kappa shape index (κ2) is 12.4. The lowest BCUT2D eigenvalue weighted by atomic mass is 10.2. The van der Waals surface area contributed by atoms with Gasteiger partial charge in [-0.05, 0) is 42.0 Å². The largest absolute Gasteiger partial charge is 0.379 e. The number of ether oxygens (including phenoxy) is 1. The number of carbonyl (C=O) groups excluding carboxylic acids is 2. The molecule has 0 radical (unpaired) electrons. The molecule has 2 heterocycles. The van der Waals surface area contributed by atoms with Gasteiger partial charge in [-0.25, -0.2) is 4.39 Å². The van der Waals surface area contributed by atoms with E-state index in [-0.39, 0.29) is 17.6 Å². The van der Waals surface area contributed by atoms with Crippen LogP contribution in [0, 0.1) is 5.82 Å². The van der Waals surface area contributed by atoms with Gasteiger partial charge in [0, 0.05) is 59.7 Å². The van der Waals surface area contributed by atoms with Crippen molar-refractivity contribution in [2.75, 3.05) is 38.2 Å². The Kier molecular flexibility index (Phi) is 8.78. The van der Waals surface area contributed by atoms with Crippen molar-refractivity contribution in [2.24, 2.45) is 0 Å². The summed E-state index contributed by atoms with van der Waals surface area (Å²) < 4.78 is 19.3. The number of morpholine rings is 1. The van der Waals surface area contributed by atoms with Crippen molar-refractivity contribution < 1.29 is 18.7 Å². The second-order valence-electron chi connectivity index (χ2n) is 8.19. The summed E-state index contributed by atoms with van der Waals surface area (Å²) in [6, 6.07) is 17.8. The Hall–Kier alpha value is -3.33. The summed E-state index contributed by atoms with van der Waals surface area (Å²) in [5.74, 6) is -0.532. The van der Waals surface area contributed by atoms with Gasteiger partial charge >= 0.3 is 0 Å². The molecule has 182 valence electrons. The zero-order valence-corrected chi connectivity index (χ0v) is 20.2. The first-order valence-electron chi connectivity index (χ1n) is 11.6. The number of nitrogens with zero attached hydrogens (tertiary/aromatic N) is 1. The fourth-order valence-corrected chi connectivity index (χ4v) is 4.66. The monoisotopic (exact) mass is 493 g/mol. The maximum atomic E-state index is 14.0. The third kappa shape index (κ3) is 7.58. The minimum Gasteiger partial charge on any atom is -0.379 e. The SMILES string of the molecule is O=C(C=Cc1ccc(-c2ccccc2F)s1)NCc1cccc(NC(=O)CCN2CCOCC2)c1. The summed E-state index contributed by atoms with van der Waals surface area (Å²) in [5, 5.41) is 5.78. The zero-order chi connectivity index (χ0) is 24.5. The molecule has 2 aromatic carbocycles. The number of thiophene rings is 1. The van der Waals surface area contributed by atoms with Gasteiger partial charge in [-0.15, -0.1) is 11.3 Å². The Morgan fingerprint density at radius 2 is 1.89 bits per heavy atom. The van der Waals surface area contributed by atoms with Crippen LogP contribution in [0.4, 0.5) is 10.1 Å². The minimum atomic E-state index is -0.266. The number of rotatable bonds is 9. The van der Waals surface area contributed by atoms with Crippen molar-refractivity contribution >= 4 is 34.9 Å². The van der Waals surface area contributed by atoms with Crippen molar-refractivity contribution in [3.63, 3.8) is 0 Å². The van der Waals surface area contributed by atoms with E-state index in [0.29, 0.717) is 44.0 Å². The van der Waals surface area contributed by atoms with Crippen LogP contribution in [0.2, 0.25) is 0 Å². The van der Waals surface area contributed by atoms with Gasteiger partial charge in [0.25, 0.3) is 0 Å². The highest BCUT2D eigenvalue weighted by Crippen LogP contribution is 2.30. The Labute approximate surface area is 208 Å². The van der Waals surface area contributed by atoms with Crippen molar-refractivity contribution in [1.29, 1.82) is 0 Å². The molecule has 0 saturated carbocycles. The lowest BCUT2D eigenvalue weighted by molar-refractivity contribution is -0.117. The van der Waals surface area contributed by atoms with Crippen LogP contribution in [0.3, 0.4) is 0 Å². The van der Waals surface area contributed by atoms with Gasteiger partial charge in [0.15, 0.2) is 0 Å². The molecule has 0 aliphatic carbocycles. The summed E-state index contributed by atoms with van der Waals surface area (Å²) in [4.78, 5) is 28.5. The summed E-state index contributed by atoms with van der Waals surface area (Å²) in [6.07, 6.45) is 3.61. The van der Waals surface area contributed by atoms with E-state index in [9.17, 15) is 14.0 Å². The van der Waals surface area contributed by atoms with Crippen LogP contribution in [-0.4, -0.2) is 49.6 Å². The molecular weight excluding hydrogens is 465 g/mol. The van der Waals surface area contributed by atoms with Gasteiger partial charge in [-0.1, -0.05) is 30.3 Å². The average molecular weight is 494 g/mol. The Morgan fingerprint density at radius 1 is 1.06 bits per heavy atom. The van der Waals surface area contributed by atoms with E-state index in [2.05, 4.69) is 15.5 Å². The molecule has 0 spiro atoms. The number of anilines is 1. The standard InChI is InChI=1S/C27H28FN3O3S/c28-24-7-2-1-6-23(24)25-10-8-22(35-25)9-11-26(32)29-19-20-4-3-5-21(18-20)30-27(33)12-13-31-14-16-34-17-15-31/h1-11,18H,12-17,19H2,(H,29,32)(H,30,33). The molecule has 1 saturated heterocycles. The van der Waals surface area contributed by atoms with E-state index in [4.69, 9.17) is 4.74 Å². The number of hydrogen-bond donors (Lipinski definition) is 2. The fourth-order valence-electron chi connectivity index (χ4n) is 3.72. The highest BCUT2D eigenvalue weighted by Gasteiger charge is 2.12. The van der Waals surface area contributed by atoms with E-state index in [0.717, 1.165) is 28.4 Å². The highest BCUT2D eigenvalue weighted by molar-refractivity contribution is 7.16. The summed E-state index contributed by atoms with van der Waals surface area (Å²) in [5.41, 5.74) is 2.14. The quantitative estimate of drug-likeness (QED) is 0.429. The van der Waals surface area contributed by atoms with Crippen molar-refractivity contribution in [2.45, 2.75) is 13.0 Å². The Balaban J connectivity index is 1.24. The van der Waals surface area contributed by atoms with E-state index >= 15 is 0 Å². The molecule has 1 aliphatic rings. The van der Waals surface area contributed by atoms with Crippen LogP contribution in [0.5, 0.6) is 0 Å². The Bertz CT molecular complexity index is 1190. The van der Waals surface area contributed by atoms with Crippen LogP contribution < -0.4 is 10.6 Å². The van der Waals surface area contributed by atoms with Crippen LogP contribution in [0.25, 0.3) is 16.5 Å². The number of hydrogen-bond acceptors (Lipinski definition) is 5. The topological polar surface area (TPSA) is 70.7 Å². The minimum absolute atomic E-state index is 0.0358. The van der Waals surface area contributed by atoms with E-state index in [1.165, 1.54) is 23.5 Å². The molecule has 3 aromatic rings. The van der Waals surface area contributed by atoms with E-state index in [1.807, 2.05) is 36.4 Å². The maximum Gasteiger partial charge on any atom is 0.244 e. The second-order valence-corrected chi connectivity index (χ2v) is 9.30. The molecule has 0 atom stereocenters. The highest BCUT2D eigenvalue weighted by atomic mass is 32.1. The molecule has 35 heavy (non-hydrogen) atoms. The van der Waals surface area contributed by atoms with Crippen LogP contribution in [0.1, 0.15) is 16.9 Å². The zero-order valence-electron chi connectivity index (χ0n) is 19.3. The first-order valence-corrected chi connectivity index (χ1v) is 12.4. The van der Waals surface area contributed by atoms with E-state index in [1.54, 1.807) is 24.3 Å². The van der Waals surface area contributed by atoms with Crippen molar-refractivity contribution in [3.05, 3.63) is 83.0 Å². The third-order valence-electron chi connectivity index (χ3n) is 5.60. The molecule has 1 fully saturated rings. The molecule has 2 amide bonds. The van der Waals surface area contributed by atoms with E-state index < -0.39 is 0 Å². The van der Waals surface area contributed by atoms with Gasteiger partial charge in [0.1, 0.15) is 5.82 Å². The van der Waals surface area contributed by atoms with Crippen LogP contribution >= 0.6 is 11.3 Å². The molecule has 1 aliphatic heterocycles. The number of carbonyl (C=O) groups is 2. The number of amides is 2. The normalized spacial score (nSPS) is 14.2. The molecule has 2 N–H and O–H groups in total. The summed E-state index contributed by atoms with van der Waals surface area (Å²) in [6.45, 7) is 4.19. The first kappa shape index (κ1) is 24.8. The lowest BCUT2D eigenvalue weighted by Crippen LogP contribution is -2.38. The predicted octanol–water partition coefficient (Wildman–Crippen LogP) is 4.54. The molecular formula is C27H28FN3O3S. The Morgan fingerprint density at radius 3 is 2.71 bits per heavy atom. The van der Waals surface area contributed by atoms with Gasteiger partial charge in [-0.2, -0.15) is 0 Å². The van der Waals surface area contributed by atoms with Gasteiger partial charge in [-0.3, -0.25) is 14.5 Å². The fraction of sp³-hybridized carbons (Fsp3) is 0.259. The van der Waals surface area contributed by atoms with Crippen LogP contribution in [0.15, 0.2) is 66.7 Å². The molecule has 0 unspecified atom stereocenters. The van der Waals surface area contributed by atoms with Gasteiger partial charge < -0.3 is 15.4 Å². The predicted molar refractivity (Wildman–Crippen MR) is 138 cm³/mol. The summed E-state index contributed by atoms with van der Waals surface area (Å²) in [7, 11) is 0. The first-order chi connectivity index (χ1) is 17.1. The molecule has 4 rings (SSSR count). The third-order valence-corrected chi connectivity index (χ3v) is 6.69. The summed E-state index contributed by atoms with van der Waals surface area (Å²) >= 11 is 1.42. The number of halogens is 1. The maximum absolute atomic E-state index is 14.0. The lowest BCUT2D eigenvalue weighted by Gasteiger charge is -2.26. The van der Waals surface area contributed by atoms with Crippen molar-refractivity contribution in [3.8, 4) is 10.4 Å². The molecule has 1 aromatic heterocycles. The van der Waals surface area contributed by atoms with Crippen molar-refractivity contribution in [1.82, 2.24) is 10.2 Å². The molecule has 6 nitrogen and oxygen atoms in total. The number of nitrogens with one attached hydrogen (secondary N) is 2. The molecule has 0 bridgehead atoms. The van der Waals surface area contributed by atoms with Gasteiger partial charge in [0.2, 0.25) is 11.8 Å². The van der Waals surface area contributed by atoms with Gasteiger partial charge in [0.05, 0.1) is 13.2 Å². The average Bonchev–Trinajstić information content (AvgIpc) is 3.35. The molecule has 8 heteroatoms. The number of benzene rings is 2.